The molecular weight excluding hydrogens is 228 g/mol. The third-order valence-corrected chi connectivity index (χ3v) is 3.73. The van der Waals surface area contributed by atoms with Gasteiger partial charge in [0.25, 0.3) is 0 Å². The number of benzene rings is 1. The third-order valence-electron chi connectivity index (χ3n) is 3.73. The summed E-state index contributed by atoms with van der Waals surface area (Å²) in [6.45, 7) is 1.45. The quantitative estimate of drug-likeness (QED) is 0.822. The molecule has 1 aromatic rings. The number of fused-ring (bicyclic) bond motifs is 1. The molecule has 3 nitrogen and oxygen atoms in total. The van der Waals surface area contributed by atoms with Crippen LogP contribution < -0.4 is 4.74 Å². The fourth-order valence-electron chi connectivity index (χ4n) is 2.71. The average molecular weight is 246 g/mol. The van der Waals surface area contributed by atoms with E-state index in [2.05, 4.69) is 0 Å². The molecule has 0 saturated carbocycles. The number of Topliss-reactive ketones (excluding diaryl/α,β-unsaturated/α-hetero) is 1. The van der Waals surface area contributed by atoms with E-state index in [1.165, 1.54) is 6.42 Å². The van der Waals surface area contributed by atoms with Crippen molar-refractivity contribution in [3.05, 3.63) is 29.3 Å². The molecule has 1 aliphatic carbocycles. The summed E-state index contributed by atoms with van der Waals surface area (Å²) in [6.07, 6.45) is 5.11. The third kappa shape index (κ3) is 2.27. The number of ether oxygens (including phenoxy) is 2. The van der Waals surface area contributed by atoms with Gasteiger partial charge in [-0.25, -0.2) is 0 Å². The zero-order valence-corrected chi connectivity index (χ0v) is 10.5. The van der Waals surface area contributed by atoms with Crippen molar-refractivity contribution in [2.75, 3.05) is 13.2 Å². The Morgan fingerprint density at radius 3 is 3.06 bits per heavy atom. The summed E-state index contributed by atoms with van der Waals surface area (Å²) < 4.78 is 11.5. The fourth-order valence-corrected chi connectivity index (χ4v) is 2.71. The van der Waals surface area contributed by atoms with Crippen LogP contribution in [0.5, 0.6) is 5.75 Å². The van der Waals surface area contributed by atoms with Gasteiger partial charge in [-0.2, -0.15) is 0 Å². The SMILES string of the molecule is O=C1CCc2c(OCC3CCCCO3)cccc21. The van der Waals surface area contributed by atoms with Gasteiger partial charge in [-0.15, -0.1) is 0 Å². The van der Waals surface area contributed by atoms with Gasteiger partial charge in [-0.05, 0) is 31.7 Å². The minimum Gasteiger partial charge on any atom is -0.491 e. The van der Waals surface area contributed by atoms with E-state index in [0.717, 1.165) is 42.7 Å². The van der Waals surface area contributed by atoms with Gasteiger partial charge in [-0.3, -0.25) is 4.79 Å². The predicted octanol–water partition coefficient (Wildman–Crippen LogP) is 2.76. The van der Waals surface area contributed by atoms with E-state index in [1.54, 1.807) is 0 Å². The van der Waals surface area contributed by atoms with E-state index in [0.29, 0.717) is 13.0 Å². The first-order chi connectivity index (χ1) is 8.84. The van der Waals surface area contributed by atoms with Gasteiger partial charge in [0.15, 0.2) is 5.78 Å². The average Bonchev–Trinajstić information content (AvgIpc) is 2.80. The van der Waals surface area contributed by atoms with Crippen molar-refractivity contribution in [2.24, 2.45) is 0 Å². The molecule has 1 unspecified atom stereocenters. The Morgan fingerprint density at radius 1 is 1.28 bits per heavy atom. The van der Waals surface area contributed by atoms with Crippen LogP contribution in [-0.4, -0.2) is 25.1 Å². The van der Waals surface area contributed by atoms with Crippen molar-refractivity contribution >= 4 is 5.78 Å². The van der Waals surface area contributed by atoms with Crippen molar-refractivity contribution < 1.29 is 14.3 Å². The number of ketones is 1. The number of hydrogen-bond acceptors (Lipinski definition) is 3. The van der Waals surface area contributed by atoms with E-state index in [1.807, 2.05) is 18.2 Å². The predicted molar refractivity (Wildman–Crippen MR) is 68.2 cm³/mol. The first-order valence-electron chi connectivity index (χ1n) is 6.74. The minimum atomic E-state index is 0.215. The molecule has 0 radical (unpaired) electrons. The molecule has 0 aromatic heterocycles. The second-order valence-electron chi connectivity index (χ2n) is 5.01. The largest absolute Gasteiger partial charge is 0.491 e. The van der Waals surface area contributed by atoms with Gasteiger partial charge in [0.2, 0.25) is 0 Å². The zero-order valence-electron chi connectivity index (χ0n) is 10.5. The number of hydrogen-bond donors (Lipinski definition) is 0. The summed E-state index contributed by atoms with van der Waals surface area (Å²) in [5, 5.41) is 0. The molecule has 0 amide bonds. The standard InChI is InChI=1S/C15H18O3/c16-14-8-7-13-12(14)5-3-6-15(13)18-10-11-4-1-2-9-17-11/h3,5-6,11H,1-2,4,7-10H2. The van der Waals surface area contributed by atoms with Crippen LogP contribution >= 0.6 is 0 Å². The molecule has 18 heavy (non-hydrogen) atoms. The molecule has 1 saturated heterocycles. The Balaban J connectivity index is 1.68. The molecule has 1 fully saturated rings. The maximum absolute atomic E-state index is 11.6. The van der Waals surface area contributed by atoms with Gasteiger partial charge >= 0.3 is 0 Å². The molecule has 3 rings (SSSR count). The lowest BCUT2D eigenvalue weighted by molar-refractivity contribution is -0.0112. The van der Waals surface area contributed by atoms with Gasteiger partial charge in [0.1, 0.15) is 12.4 Å². The van der Waals surface area contributed by atoms with E-state index in [9.17, 15) is 4.79 Å². The van der Waals surface area contributed by atoms with Gasteiger partial charge in [0, 0.05) is 24.2 Å². The van der Waals surface area contributed by atoms with E-state index in [-0.39, 0.29) is 11.9 Å². The van der Waals surface area contributed by atoms with Crippen molar-refractivity contribution in [1.29, 1.82) is 0 Å². The molecule has 3 heteroatoms. The Labute approximate surface area is 107 Å². The lowest BCUT2D eigenvalue weighted by atomic mass is 10.1. The summed E-state index contributed by atoms with van der Waals surface area (Å²) in [6, 6.07) is 5.76. The first-order valence-corrected chi connectivity index (χ1v) is 6.74. The number of carbonyl (C=O) groups is 1. The first kappa shape index (κ1) is 11.7. The molecular formula is C15H18O3. The van der Waals surface area contributed by atoms with Gasteiger partial charge in [-0.1, -0.05) is 12.1 Å². The molecule has 2 aliphatic rings. The summed E-state index contributed by atoms with van der Waals surface area (Å²) in [4.78, 5) is 11.6. The van der Waals surface area contributed by atoms with Crippen LogP contribution in [0.15, 0.2) is 18.2 Å². The lowest BCUT2D eigenvalue weighted by Gasteiger charge is -2.23. The Morgan fingerprint density at radius 2 is 2.22 bits per heavy atom. The summed E-state index contributed by atoms with van der Waals surface area (Å²) in [5.74, 6) is 1.11. The highest BCUT2D eigenvalue weighted by Crippen LogP contribution is 2.30. The topological polar surface area (TPSA) is 35.5 Å². The molecule has 1 aromatic carbocycles. The second-order valence-corrected chi connectivity index (χ2v) is 5.01. The van der Waals surface area contributed by atoms with E-state index >= 15 is 0 Å². The van der Waals surface area contributed by atoms with Gasteiger partial charge < -0.3 is 9.47 Å². The molecule has 1 atom stereocenters. The van der Waals surface area contributed by atoms with Gasteiger partial charge in [0.05, 0.1) is 6.10 Å². The lowest BCUT2D eigenvalue weighted by Crippen LogP contribution is -2.26. The fraction of sp³-hybridized carbons (Fsp3) is 0.533. The van der Waals surface area contributed by atoms with Crippen LogP contribution in [0.1, 0.15) is 41.6 Å². The maximum atomic E-state index is 11.6. The van der Waals surface area contributed by atoms with Crippen LogP contribution in [0.2, 0.25) is 0 Å². The molecule has 0 bridgehead atoms. The Bertz CT molecular complexity index is 447. The summed E-state index contributed by atoms with van der Waals surface area (Å²) >= 11 is 0. The highest BCUT2D eigenvalue weighted by Gasteiger charge is 2.23. The van der Waals surface area contributed by atoms with Crippen molar-refractivity contribution in [1.82, 2.24) is 0 Å². The Kier molecular flexibility index (Phi) is 3.33. The maximum Gasteiger partial charge on any atom is 0.163 e. The van der Waals surface area contributed by atoms with Crippen LogP contribution in [0.25, 0.3) is 0 Å². The van der Waals surface area contributed by atoms with Crippen LogP contribution in [0.3, 0.4) is 0 Å². The highest BCUT2D eigenvalue weighted by atomic mass is 16.5. The van der Waals surface area contributed by atoms with E-state index in [4.69, 9.17) is 9.47 Å². The van der Waals surface area contributed by atoms with Crippen molar-refractivity contribution in [2.45, 2.75) is 38.2 Å². The monoisotopic (exact) mass is 246 g/mol. The molecule has 96 valence electrons. The van der Waals surface area contributed by atoms with Crippen LogP contribution in [0.4, 0.5) is 0 Å². The van der Waals surface area contributed by atoms with Crippen molar-refractivity contribution in [3.8, 4) is 5.75 Å². The molecule has 0 spiro atoms. The number of carbonyl (C=O) groups excluding carboxylic acids is 1. The van der Waals surface area contributed by atoms with E-state index < -0.39 is 0 Å². The Hall–Kier alpha value is -1.35. The molecule has 1 heterocycles. The zero-order chi connectivity index (χ0) is 12.4. The summed E-state index contributed by atoms with van der Waals surface area (Å²) in [5.41, 5.74) is 1.93. The molecule has 0 N–H and O–H groups in total. The normalized spacial score (nSPS) is 22.9. The minimum absolute atomic E-state index is 0.215. The second kappa shape index (κ2) is 5.11. The van der Waals surface area contributed by atoms with Crippen molar-refractivity contribution in [3.63, 3.8) is 0 Å². The van der Waals surface area contributed by atoms with Crippen LogP contribution in [-0.2, 0) is 11.2 Å². The number of rotatable bonds is 3. The van der Waals surface area contributed by atoms with Crippen LogP contribution in [0, 0.1) is 0 Å². The summed E-state index contributed by atoms with van der Waals surface area (Å²) in [7, 11) is 0. The highest BCUT2D eigenvalue weighted by molar-refractivity contribution is 6.01. The smallest absolute Gasteiger partial charge is 0.163 e. The molecule has 1 aliphatic heterocycles.